The Bertz CT molecular complexity index is 754. The average molecular weight is 287 g/mol. The molecule has 0 fully saturated rings. The molecule has 0 unspecified atom stereocenters. The second kappa shape index (κ2) is 5.20. The Balaban J connectivity index is 1.87. The predicted molar refractivity (Wildman–Crippen MR) is 76.9 cm³/mol. The summed E-state index contributed by atoms with van der Waals surface area (Å²) in [6.07, 6.45) is 1.41. The quantitative estimate of drug-likeness (QED) is 0.714. The fourth-order valence-electron chi connectivity index (χ4n) is 1.99. The number of H-pyrrole nitrogens is 1. The van der Waals surface area contributed by atoms with E-state index in [1.807, 2.05) is 0 Å². The molecule has 1 amide bonds. The summed E-state index contributed by atoms with van der Waals surface area (Å²) < 4.78 is 10.8. The van der Waals surface area contributed by atoms with Crippen LogP contribution in [0, 0.1) is 0 Å². The van der Waals surface area contributed by atoms with E-state index in [0.717, 1.165) is 0 Å². The molecular weight excluding hydrogens is 274 g/mol. The van der Waals surface area contributed by atoms with Crippen LogP contribution in [-0.2, 0) is 0 Å². The highest BCUT2D eigenvalue weighted by molar-refractivity contribution is 6.05. The molecule has 21 heavy (non-hydrogen) atoms. The van der Waals surface area contributed by atoms with Crippen LogP contribution in [0.15, 0.2) is 35.3 Å². The van der Waals surface area contributed by atoms with Gasteiger partial charge in [0.15, 0.2) is 11.5 Å². The van der Waals surface area contributed by atoms with E-state index in [-0.39, 0.29) is 11.1 Å². The monoisotopic (exact) mass is 287 g/mol. The predicted octanol–water partition coefficient (Wildman–Crippen LogP) is 0.981. The van der Waals surface area contributed by atoms with E-state index in [9.17, 15) is 9.59 Å². The summed E-state index contributed by atoms with van der Waals surface area (Å²) in [6.45, 7) is 0.906. The topological polar surface area (TPSA) is 106 Å². The third kappa shape index (κ3) is 2.66. The molecule has 4 N–H and O–H groups in total. The summed E-state index contributed by atoms with van der Waals surface area (Å²) in [5, 5.41) is 2.65. The molecule has 1 aliphatic rings. The van der Waals surface area contributed by atoms with Gasteiger partial charge in [0.05, 0.1) is 11.4 Å². The lowest BCUT2D eigenvalue weighted by atomic mass is 10.2. The summed E-state index contributed by atoms with van der Waals surface area (Å²) in [4.78, 5) is 25.7. The number of anilines is 2. The van der Waals surface area contributed by atoms with Gasteiger partial charge in [-0.15, -0.1) is 0 Å². The van der Waals surface area contributed by atoms with Crippen molar-refractivity contribution in [2.45, 2.75) is 0 Å². The van der Waals surface area contributed by atoms with Gasteiger partial charge in [-0.3, -0.25) is 9.59 Å². The lowest BCUT2D eigenvalue weighted by Gasteiger charge is -2.20. The number of aromatic nitrogens is 1. The summed E-state index contributed by atoms with van der Waals surface area (Å²) in [7, 11) is 0. The minimum Gasteiger partial charge on any atom is -0.486 e. The van der Waals surface area contributed by atoms with Gasteiger partial charge in [0, 0.05) is 30.0 Å². The number of ether oxygens (including phenoxy) is 2. The first-order valence-corrected chi connectivity index (χ1v) is 6.33. The molecule has 0 bridgehead atoms. The SMILES string of the molecule is Nc1cc2c(cc1NC(=O)c1cc[nH]c(=O)c1)OCCO2. The van der Waals surface area contributed by atoms with Crippen molar-refractivity contribution in [2.24, 2.45) is 0 Å². The second-order valence-electron chi connectivity index (χ2n) is 4.48. The van der Waals surface area contributed by atoms with Crippen molar-refractivity contribution in [3.63, 3.8) is 0 Å². The Kier molecular flexibility index (Phi) is 3.23. The Morgan fingerprint density at radius 2 is 1.90 bits per heavy atom. The zero-order valence-corrected chi connectivity index (χ0v) is 11.0. The molecule has 108 valence electrons. The molecule has 0 spiro atoms. The first-order chi connectivity index (χ1) is 10.1. The summed E-state index contributed by atoms with van der Waals surface area (Å²) >= 11 is 0. The van der Waals surface area contributed by atoms with Crippen LogP contribution in [0.5, 0.6) is 11.5 Å². The van der Waals surface area contributed by atoms with Crippen molar-refractivity contribution in [3.05, 3.63) is 46.4 Å². The maximum atomic E-state index is 12.1. The number of pyridine rings is 1. The summed E-state index contributed by atoms with van der Waals surface area (Å²) in [5.74, 6) is 0.647. The molecule has 0 saturated heterocycles. The maximum Gasteiger partial charge on any atom is 0.255 e. The summed E-state index contributed by atoms with van der Waals surface area (Å²) in [6, 6.07) is 5.92. The highest BCUT2D eigenvalue weighted by Crippen LogP contribution is 2.37. The van der Waals surface area contributed by atoms with Gasteiger partial charge in [-0.2, -0.15) is 0 Å². The van der Waals surface area contributed by atoms with E-state index in [0.29, 0.717) is 36.1 Å². The molecule has 2 aromatic rings. The van der Waals surface area contributed by atoms with Gasteiger partial charge in [0.1, 0.15) is 13.2 Å². The third-order valence-electron chi connectivity index (χ3n) is 3.00. The second-order valence-corrected chi connectivity index (χ2v) is 4.48. The minimum absolute atomic E-state index is 0.244. The standard InChI is InChI=1S/C14H13N3O4/c15-9-6-11-12(21-4-3-20-11)7-10(9)17-14(19)8-1-2-16-13(18)5-8/h1-2,5-7H,3-4,15H2,(H,16,18)(H,17,19). The van der Waals surface area contributed by atoms with Crippen molar-refractivity contribution in [3.8, 4) is 11.5 Å². The number of benzene rings is 1. The molecule has 0 radical (unpaired) electrons. The molecule has 3 rings (SSSR count). The molecule has 7 heteroatoms. The average Bonchev–Trinajstić information content (AvgIpc) is 2.48. The van der Waals surface area contributed by atoms with E-state index in [4.69, 9.17) is 15.2 Å². The number of nitrogens with one attached hydrogen (secondary N) is 2. The molecule has 0 saturated carbocycles. The highest BCUT2D eigenvalue weighted by atomic mass is 16.6. The van der Waals surface area contributed by atoms with E-state index >= 15 is 0 Å². The molecule has 1 aromatic heterocycles. The normalized spacial score (nSPS) is 12.8. The van der Waals surface area contributed by atoms with Gasteiger partial charge in [0.2, 0.25) is 5.56 Å². The van der Waals surface area contributed by atoms with Crippen LogP contribution in [0.4, 0.5) is 11.4 Å². The van der Waals surface area contributed by atoms with Crippen molar-refractivity contribution < 1.29 is 14.3 Å². The van der Waals surface area contributed by atoms with Crippen molar-refractivity contribution in [1.82, 2.24) is 4.98 Å². The van der Waals surface area contributed by atoms with Crippen molar-refractivity contribution in [2.75, 3.05) is 24.3 Å². The molecule has 0 aliphatic carbocycles. The smallest absolute Gasteiger partial charge is 0.255 e. The Hall–Kier alpha value is -2.96. The van der Waals surface area contributed by atoms with Gasteiger partial charge in [-0.05, 0) is 6.07 Å². The number of rotatable bonds is 2. The first-order valence-electron chi connectivity index (χ1n) is 6.33. The Morgan fingerprint density at radius 3 is 2.62 bits per heavy atom. The van der Waals surface area contributed by atoms with Crippen molar-refractivity contribution >= 4 is 17.3 Å². The van der Waals surface area contributed by atoms with E-state index < -0.39 is 5.91 Å². The zero-order chi connectivity index (χ0) is 14.8. The molecule has 7 nitrogen and oxygen atoms in total. The summed E-state index contributed by atoms with van der Waals surface area (Å²) in [5.41, 5.74) is 6.54. The van der Waals surface area contributed by atoms with Crippen LogP contribution in [0.25, 0.3) is 0 Å². The van der Waals surface area contributed by atoms with Gasteiger partial charge < -0.3 is 25.5 Å². The lowest BCUT2D eigenvalue weighted by molar-refractivity contribution is 0.102. The minimum atomic E-state index is -0.426. The highest BCUT2D eigenvalue weighted by Gasteiger charge is 2.16. The zero-order valence-electron chi connectivity index (χ0n) is 11.0. The molecule has 1 aromatic carbocycles. The number of carbonyl (C=O) groups excluding carboxylic acids is 1. The van der Waals surface area contributed by atoms with Crippen LogP contribution in [0.1, 0.15) is 10.4 Å². The largest absolute Gasteiger partial charge is 0.486 e. The number of carbonyl (C=O) groups is 1. The third-order valence-corrected chi connectivity index (χ3v) is 3.00. The Labute approximate surface area is 119 Å². The lowest BCUT2D eigenvalue weighted by Crippen LogP contribution is -2.18. The molecule has 1 aliphatic heterocycles. The van der Waals surface area contributed by atoms with E-state index in [1.165, 1.54) is 18.3 Å². The Morgan fingerprint density at radius 1 is 1.19 bits per heavy atom. The molecule has 2 heterocycles. The van der Waals surface area contributed by atoms with Crippen LogP contribution in [-0.4, -0.2) is 24.1 Å². The van der Waals surface area contributed by atoms with E-state index in [2.05, 4.69) is 10.3 Å². The number of fused-ring (bicyclic) bond motifs is 1. The number of nitrogen functional groups attached to an aromatic ring is 1. The molecule has 0 atom stereocenters. The fraction of sp³-hybridized carbons (Fsp3) is 0.143. The first kappa shape index (κ1) is 13.0. The number of hydrogen-bond donors (Lipinski definition) is 3. The number of amides is 1. The van der Waals surface area contributed by atoms with Crippen molar-refractivity contribution in [1.29, 1.82) is 0 Å². The molecular formula is C14H13N3O4. The van der Waals surface area contributed by atoms with Crippen LogP contribution < -0.4 is 26.1 Å². The van der Waals surface area contributed by atoms with Crippen LogP contribution in [0.2, 0.25) is 0 Å². The van der Waals surface area contributed by atoms with E-state index in [1.54, 1.807) is 12.1 Å². The van der Waals surface area contributed by atoms with Crippen LogP contribution >= 0.6 is 0 Å². The van der Waals surface area contributed by atoms with Gasteiger partial charge in [-0.1, -0.05) is 0 Å². The van der Waals surface area contributed by atoms with Gasteiger partial charge >= 0.3 is 0 Å². The van der Waals surface area contributed by atoms with Gasteiger partial charge in [0.25, 0.3) is 5.91 Å². The number of nitrogens with two attached hydrogens (primary N) is 1. The maximum absolute atomic E-state index is 12.1. The van der Waals surface area contributed by atoms with Crippen LogP contribution in [0.3, 0.4) is 0 Å². The number of aromatic amines is 1. The van der Waals surface area contributed by atoms with Gasteiger partial charge in [-0.25, -0.2) is 0 Å². The fourth-order valence-corrected chi connectivity index (χ4v) is 1.99. The number of hydrogen-bond acceptors (Lipinski definition) is 5.